The highest BCUT2D eigenvalue weighted by atomic mass is 32.1. The Morgan fingerprint density at radius 1 is 0.475 bits per heavy atom. The molecule has 3 heteroatoms. The molecule has 0 N–H and O–H groups in total. The number of benzene rings is 6. The first kappa shape index (κ1) is 22.9. The molecule has 2 nitrogen and oxygen atoms in total. The zero-order chi connectivity index (χ0) is 26.5. The standard InChI is InChI=1S/C37H24N2S/c1-4-12-25(13-5-1)27-16-10-20-30(22-27)39(29-18-8-3-9-19-29)31-23-28-17-11-21-32-34(28)33(24-31)35-36(32)40-37(38-35)26-14-6-2-7-15-26/h1-24H. The predicted molar refractivity (Wildman–Crippen MR) is 170 cm³/mol. The van der Waals surface area contributed by atoms with Gasteiger partial charge in [0.05, 0.1) is 10.6 Å². The van der Waals surface area contributed by atoms with Gasteiger partial charge >= 0.3 is 0 Å². The van der Waals surface area contributed by atoms with E-state index in [1.165, 1.54) is 37.9 Å². The third-order valence-corrected chi connectivity index (χ3v) is 8.73. The summed E-state index contributed by atoms with van der Waals surface area (Å²) >= 11 is 1.79. The molecule has 0 spiro atoms. The summed E-state index contributed by atoms with van der Waals surface area (Å²) in [4.78, 5) is 8.82. The molecular weight excluding hydrogens is 504 g/mol. The van der Waals surface area contributed by atoms with Crippen LogP contribution in [0, 0.1) is 0 Å². The molecule has 6 aromatic carbocycles. The summed E-state index contributed by atoms with van der Waals surface area (Å²) < 4.78 is 0. The molecule has 0 atom stereocenters. The maximum Gasteiger partial charge on any atom is 0.124 e. The van der Waals surface area contributed by atoms with Crippen molar-refractivity contribution in [3.05, 3.63) is 146 Å². The van der Waals surface area contributed by atoms with Gasteiger partial charge in [-0.3, -0.25) is 0 Å². The third kappa shape index (κ3) is 3.75. The molecule has 1 heterocycles. The minimum absolute atomic E-state index is 1.06. The molecule has 188 valence electrons. The Kier molecular flexibility index (Phi) is 5.35. The molecule has 0 aliphatic heterocycles. The van der Waals surface area contributed by atoms with E-state index in [1.807, 2.05) is 0 Å². The zero-order valence-corrected chi connectivity index (χ0v) is 22.5. The van der Waals surface area contributed by atoms with Crippen LogP contribution in [0.25, 0.3) is 54.2 Å². The lowest BCUT2D eigenvalue weighted by molar-refractivity contribution is 1.29. The molecule has 0 fully saturated rings. The lowest BCUT2D eigenvalue weighted by Crippen LogP contribution is -2.10. The topological polar surface area (TPSA) is 16.1 Å². The average molecular weight is 529 g/mol. The fraction of sp³-hybridized carbons (Fsp3) is 0. The second-order valence-electron chi connectivity index (χ2n) is 10.0. The molecule has 40 heavy (non-hydrogen) atoms. The van der Waals surface area contributed by atoms with Crippen molar-refractivity contribution in [1.82, 2.24) is 4.98 Å². The van der Waals surface area contributed by atoms with Gasteiger partial charge in [0.1, 0.15) is 5.01 Å². The number of para-hydroxylation sites is 1. The first-order valence-electron chi connectivity index (χ1n) is 13.5. The largest absolute Gasteiger partial charge is 0.310 e. The van der Waals surface area contributed by atoms with Gasteiger partial charge in [-0.1, -0.05) is 109 Å². The Hall–Kier alpha value is -4.99. The van der Waals surface area contributed by atoms with Crippen molar-refractivity contribution in [3.63, 3.8) is 0 Å². The second kappa shape index (κ2) is 9.33. The summed E-state index contributed by atoms with van der Waals surface area (Å²) in [6.07, 6.45) is 0. The summed E-state index contributed by atoms with van der Waals surface area (Å²) in [5.41, 5.74) is 10.5. The van der Waals surface area contributed by atoms with Gasteiger partial charge in [0.25, 0.3) is 0 Å². The number of thiazole rings is 1. The van der Waals surface area contributed by atoms with Gasteiger partial charge in [0.15, 0.2) is 0 Å². The molecule has 8 rings (SSSR count). The van der Waals surface area contributed by atoms with Gasteiger partial charge in [-0.25, -0.2) is 4.98 Å². The van der Waals surface area contributed by atoms with E-state index in [0.29, 0.717) is 0 Å². The summed E-state index contributed by atoms with van der Waals surface area (Å²) in [6.45, 7) is 0. The molecule has 0 radical (unpaired) electrons. The van der Waals surface area contributed by atoms with Crippen molar-refractivity contribution in [2.75, 3.05) is 4.90 Å². The van der Waals surface area contributed by atoms with E-state index >= 15 is 0 Å². The normalized spacial score (nSPS) is 11.5. The van der Waals surface area contributed by atoms with Crippen LogP contribution in [0.15, 0.2) is 146 Å². The SMILES string of the molecule is c1ccc(-c2cccc(N(c3ccccc3)c3cc4c5c(cccc5c3)-c3sc(-c5ccccc5)nc3-4)c2)cc1. The summed E-state index contributed by atoms with van der Waals surface area (Å²) in [7, 11) is 0. The van der Waals surface area contributed by atoms with Crippen molar-refractivity contribution < 1.29 is 0 Å². The van der Waals surface area contributed by atoms with Gasteiger partial charge < -0.3 is 4.90 Å². The van der Waals surface area contributed by atoms with Crippen LogP contribution in [-0.2, 0) is 0 Å². The number of aromatic nitrogens is 1. The van der Waals surface area contributed by atoms with E-state index in [9.17, 15) is 0 Å². The van der Waals surface area contributed by atoms with E-state index in [2.05, 4.69) is 150 Å². The number of hydrogen-bond acceptors (Lipinski definition) is 3. The van der Waals surface area contributed by atoms with Gasteiger partial charge in [0, 0.05) is 33.8 Å². The monoisotopic (exact) mass is 528 g/mol. The van der Waals surface area contributed by atoms with E-state index in [1.54, 1.807) is 11.3 Å². The number of fused-ring (bicyclic) bond motifs is 3. The minimum Gasteiger partial charge on any atom is -0.310 e. The average Bonchev–Trinajstić information content (AvgIpc) is 3.59. The summed E-state index contributed by atoms with van der Waals surface area (Å²) in [5, 5.41) is 3.59. The van der Waals surface area contributed by atoms with Crippen LogP contribution in [0.5, 0.6) is 0 Å². The van der Waals surface area contributed by atoms with Crippen molar-refractivity contribution in [1.29, 1.82) is 0 Å². The highest BCUT2D eigenvalue weighted by Gasteiger charge is 2.28. The van der Waals surface area contributed by atoms with Crippen LogP contribution >= 0.6 is 11.3 Å². The lowest BCUT2D eigenvalue weighted by atomic mass is 10.0. The Morgan fingerprint density at radius 2 is 1.12 bits per heavy atom. The maximum absolute atomic E-state index is 5.20. The maximum atomic E-state index is 5.20. The molecular formula is C37H24N2S. The Labute approximate surface area is 237 Å². The lowest BCUT2D eigenvalue weighted by Gasteiger charge is -2.27. The zero-order valence-electron chi connectivity index (χ0n) is 21.7. The first-order valence-corrected chi connectivity index (χ1v) is 14.3. The van der Waals surface area contributed by atoms with E-state index in [0.717, 1.165) is 33.3 Å². The smallest absolute Gasteiger partial charge is 0.124 e. The Balaban J connectivity index is 1.33. The Morgan fingerprint density at radius 3 is 1.90 bits per heavy atom. The fourth-order valence-electron chi connectivity index (χ4n) is 5.79. The van der Waals surface area contributed by atoms with Gasteiger partial charge in [-0.05, 0) is 58.3 Å². The molecule has 1 aromatic heterocycles. The molecule has 1 aliphatic rings. The van der Waals surface area contributed by atoms with Gasteiger partial charge in [-0.15, -0.1) is 11.3 Å². The van der Waals surface area contributed by atoms with Crippen LogP contribution in [0.4, 0.5) is 17.1 Å². The van der Waals surface area contributed by atoms with Gasteiger partial charge in [-0.2, -0.15) is 0 Å². The van der Waals surface area contributed by atoms with Crippen LogP contribution in [-0.4, -0.2) is 4.98 Å². The van der Waals surface area contributed by atoms with Crippen molar-refractivity contribution >= 4 is 39.2 Å². The molecule has 7 aromatic rings. The highest BCUT2D eigenvalue weighted by Crippen LogP contribution is 2.53. The Bertz CT molecular complexity index is 1990. The van der Waals surface area contributed by atoms with Crippen LogP contribution in [0.2, 0.25) is 0 Å². The van der Waals surface area contributed by atoms with Crippen molar-refractivity contribution in [2.45, 2.75) is 0 Å². The first-order chi connectivity index (χ1) is 19.8. The summed E-state index contributed by atoms with van der Waals surface area (Å²) in [5.74, 6) is 0. The molecule has 0 amide bonds. The molecule has 0 unspecified atom stereocenters. The van der Waals surface area contributed by atoms with E-state index in [-0.39, 0.29) is 0 Å². The number of anilines is 3. The van der Waals surface area contributed by atoms with E-state index < -0.39 is 0 Å². The number of rotatable bonds is 5. The van der Waals surface area contributed by atoms with Crippen LogP contribution in [0.3, 0.4) is 0 Å². The van der Waals surface area contributed by atoms with E-state index in [4.69, 9.17) is 4.98 Å². The van der Waals surface area contributed by atoms with Crippen molar-refractivity contribution in [2.24, 2.45) is 0 Å². The second-order valence-corrected chi connectivity index (χ2v) is 11.0. The molecule has 0 saturated heterocycles. The predicted octanol–water partition coefficient (Wildman–Crippen LogP) is 10.7. The molecule has 0 saturated carbocycles. The number of nitrogens with zero attached hydrogens (tertiary/aromatic N) is 2. The van der Waals surface area contributed by atoms with Crippen LogP contribution in [0.1, 0.15) is 0 Å². The molecule has 0 bridgehead atoms. The third-order valence-electron chi connectivity index (χ3n) is 7.59. The minimum atomic E-state index is 1.06. The van der Waals surface area contributed by atoms with Gasteiger partial charge in [0.2, 0.25) is 0 Å². The number of hydrogen-bond donors (Lipinski definition) is 0. The summed E-state index contributed by atoms with van der Waals surface area (Å²) in [6, 6.07) is 51.8. The highest BCUT2D eigenvalue weighted by molar-refractivity contribution is 7.19. The fourth-order valence-corrected chi connectivity index (χ4v) is 6.90. The molecule has 1 aliphatic carbocycles. The quantitative estimate of drug-likeness (QED) is 0.221. The van der Waals surface area contributed by atoms with Crippen LogP contribution < -0.4 is 4.90 Å². The van der Waals surface area contributed by atoms with Crippen molar-refractivity contribution in [3.8, 4) is 43.4 Å².